The van der Waals surface area contributed by atoms with Gasteiger partial charge in [-0.3, -0.25) is 9.59 Å². The quantitative estimate of drug-likeness (QED) is 0.753. The monoisotopic (exact) mass is 360 g/mol. The standard InChI is InChI=1S/C21H28O3.CH4O/c1-13(22)21(24)11-8-18-16-5-4-14-12-15(23)6-9-19(14,2)17(16)7-10-20(18,21)3;1-2/h6,9,12,16-18,24H,4-5,7-8,10-11H2,1-3H3;2H,1H3. The third kappa shape index (κ3) is 2.41. The van der Waals surface area contributed by atoms with Crippen LogP contribution >= 0.6 is 0 Å². The van der Waals surface area contributed by atoms with Gasteiger partial charge in [0.2, 0.25) is 0 Å². The van der Waals surface area contributed by atoms with Crippen LogP contribution in [0.4, 0.5) is 0 Å². The van der Waals surface area contributed by atoms with Gasteiger partial charge in [0.25, 0.3) is 0 Å². The van der Waals surface area contributed by atoms with E-state index in [-0.39, 0.29) is 22.4 Å². The second-order valence-electron chi connectivity index (χ2n) is 9.01. The first-order chi connectivity index (χ1) is 12.2. The second kappa shape index (κ2) is 6.42. The van der Waals surface area contributed by atoms with Crippen molar-refractivity contribution in [1.29, 1.82) is 0 Å². The van der Waals surface area contributed by atoms with Gasteiger partial charge in [0, 0.05) is 17.9 Å². The number of Topliss-reactive ketones (excluding diaryl/α,β-unsaturated/α-hetero) is 1. The predicted octanol–water partition coefficient (Wildman–Crippen LogP) is 3.22. The molecule has 4 aliphatic rings. The average Bonchev–Trinajstić information content (AvgIpc) is 2.90. The summed E-state index contributed by atoms with van der Waals surface area (Å²) in [6.07, 6.45) is 11.3. The fraction of sp³-hybridized carbons (Fsp3) is 0.727. The Morgan fingerprint density at radius 3 is 2.42 bits per heavy atom. The highest BCUT2D eigenvalue weighted by molar-refractivity contribution is 6.01. The molecule has 0 radical (unpaired) electrons. The molecule has 4 nitrogen and oxygen atoms in total. The van der Waals surface area contributed by atoms with E-state index in [4.69, 9.17) is 5.11 Å². The van der Waals surface area contributed by atoms with Crippen LogP contribution in [0.25, 0.3) is 0 Å². The third-order valence-electron chi connectivity index (χ3n) is 8.29. The molecular formula is C22H32O4. The summed E-state index contributed by atoms with van der Waals surface area (Å²) >= 11 is 0. The first kappa shape index (κ1) is 19.5. The minimum atomic E-state index is -1.14. The number of allylic oxidation sites excluding steroid dienone is 4. The fourth-order valence-corrected chi connectivity index (χ4v) is 6.79. The normalized spacial score (nSPS) is 46.3. The summed E-state index contributed by atoms with van der Waals surface area (Å²) in [5.74, 6) is 1.53. The van der Waals surface area contributed by atoms with Crippen molar-refractivity contribution >= 4 is 11.6 Å². The number of ketones is 2. The summed E-state index contributed by atoms with van der Waals surface area (Å²) < 4.78 is 0. The lowest BCUT2D eigenvalue weighted by Crippen LogP contribution is -2.56. The van der Waals surface area contributed by atoms with Crippen molar-refractivity contribution in [3.05, 3.63) is 23.8 Å². The first-order valence-corrected chi connectivity index (χ1v) is 9.85. The summed E-state index contributed by atoms with van der Waals surface area (Å²) in [5.41, 5.74) is -0.154. The first-order valence-electron chi connectivity index (χ1n) is 9.85. The smallest absolute Gasteiger partial charge is 0.178 e. The van der Waals surface area contributed by atoms with Crippen molar-refractivity contribution in [3.8, 4) is 0 Å². The van der Waals surface area contributed by atoms with Crippen LogP contribution in [-0.4, -0.2) is 34.5 Å². The summed E-state index contributed by atoms with van der Waals surface area (Å²) in [5, 5.41) is 18.1. The SMILES string of the molecule is CC(=O)C1(O)CCC2C3CCC4=CC(=O)C=CC4(C)C3CCC21C.CO. The van der Waals surface area contributed by atoms with E-state index >= 15 is 0 Å². The zero-order valence-electron chi connectivity index (χ0n) is 16.4. The number of aliphatic hydroxyl groups excluding tert-OH is 1. The number of hydrogen-bond acceptors (Lipinski definition) is 4. The molecule has 0 bridgehead atoms. The van der Waals surface area contributed by atoms with Gasteiger partial charge < -0.3 is 10.2 Å². The Labute approximate surface area is 156 Å². The zero-order valence-corrected chi connectivity index (χ0v) is 16.4. The highest BCUT2D eigenvalue weighted by Gasteiger charge is 2.65. The third-order valence-corrected chi connectivity index (χ3v) is 8.29. The van der Waals surface area contributed by atoms with Crippen molar-refractivity contribution < 1.29 is 19.8 Å². The van der Waals surface area contributed by atoms with E-state index in [2.05, 4.69) is 19.9 Å². The largest absolute Gasteiger partial charge is 0.400 e. The van der Waals surface area contributed by atoms with Crippen molar-refractivity contribution in [1.82, 2.24) is 0 Å². The Morgan fingerprint density at radius 2 is 1.77 bits per heavy atom. The van der Waals surface area contributed by atoms with Crippen LogP contribution in [-0.2, 0) is 9.59 Å². The summed E-state index contributed by atoms with van der Waals surface area (Å²) in [6, 6.07) is 0. The molecule has 0 aromatic heterocycles. The summed E-state index contributed by atoms with van der Waals surface area (Å²) in [6.45, 7) is 5.99. The molecule has 4 rings (SSSR count). The van der Waals surface area contributed by atoms with Gasteiger partial charge in [-0.25, -0.2) is 0 Å². The molecule has 0 aromatic carbocycles. The molecule has 0 spiro atoms. The molecule has 2 N–H and O–H groups in total. The molecule has 3 saturated carbocycles. The predicted molar refractivity (Wildman–Crippen MR) is 100 cm³/mol. The topological polar surface area (TPSA) is 74.6 Å². The molecule has 0 amide bonds. The van der Waals surface area contributed by atoms with E-state index in [0.29, 0.717) is 24.2 Å². The van der Waals surface area contributed by atoms with Crippen LogP contribution in [0.1, 0.15) is 59.3 Å². The van der Waals surface area contributed by atoms with Gasteiger partial charge in [0.15, 0.2) is 11.6 Å². The van der Waals surface area contributed by atoms with Gasteiger partial charge in [-0.2, -0.15) is 0 Å². The maximum Gasteiger partial charge on any atom is 0.178 e. The molecule has 0 aliphatic heterocycles. The van der Waals surface area contributed by atoms with Gasteiger partial charge in [-0.05, 0) is 75.4 Å². The maximum absolute atomic E-state index is 12.2. The van der Waals surface area contributed by atoms with Crippen molar-refractivity contribution in [2.75, 3.05) is 7.11 Å². The Bertz CT molecular complexity index is 678. The van der Waals surface area contributed by atoms with Gasteiger partial charge in [-0.15, -0.1) is 0 Å². The van der Waals surface area contributed by atoms with E-state index in [9.17, 15) is 14.7 Å². The van der Waals surface area contributed by atoms with E-state index in [0.717, 1.165) is 39.2 Å². The number of rotatable bonds is 1. The lowest BCUT2D eigenvalue weighted by Gasteiger charge is -2.57. The molecule has 6 unspecified atom stereocenters. The molecule has 4 aliphatic carbocycles. The lowest BCUT2D eigenvalue weighted by molar-refractivity contribution is -0.158. The summed E-state index contributed by atoms with van der Waals surface area (Å²) in [4.78, 5) is 24.0. The van der Waals surface area contributed by atoms with Gasteiger partial charge in [-0.1, -0.05) is 25.5 Å². The molecular weight excluding hydrogens is 328 g/mol. The molecule has 3 fully saturated rings. The van der Waals surface area contributed by atoms with Gasteiger partial charge in [0.1, 0.15) is 5.60 Å². The summed E-state index contributed by atoms with van der Waals surface area (Å²) in [7, 11) is 1.00. The van der Waals surface area contributed by atoms with Crippen molar-refractivity contribution in [2.45, 2.75) is 64.9 Å². The molecule has 26 heavy (non-hydrogen) atoms. The molecule has 4 heteroatoms. The Balaban J connectivity index is 0.000000948. The number of carbonyl (C=O) groups excluding carboxylic acids is 2. The van der Waals surface area contributed by atoms with Crippen LogP contribution in [0.5, 0.6) is 0 Å². The number of carbonyl (C=O) groups is 2. The van der Waals surface area contributed by atoms with Crippen LogP contribution in [0.15, 0.2) is 23.8 Å². The second-order valence-corrected chi connectivity index (χ2v) is 9.01. The van der Waals surface area contributed by atoms with Crippen LogP contribution < -0.4 is 0 Å². The van der Waals surface area contributed by atoms with E-state index in [1.165, 1.54) is 5.57 Å². The fourth-order valence-electron chi connectivity index (χ4n) is 6.79. The highest BCUT2D eigenvalue weighted by Crippen LogP contribution is 2.66. The van der Waals surface area contributed by atoms with E-state index in [1.54, 1.807) is 13.0 Å². The number of fused-ring (bicyclic) bond motifs is 5. The Morgan fingerprint density at radius 1 is 1.12 bits per heavy atom. The van der Waals surface area contributed by atoms with Gasteiger partial charge >= 0.3 is 0 Å². The van der Waals surface area contributed by atoms with Crippen LogP contribution in [0, 0.1) is 28.6 Å². The highest BCUT2D eigenvalue weighted by atomic mass is 16.3. The number of hydrogen-bond donors (Lipinski definition) is 2. The maximum atomic E-state index is 12.2. The Kier molecular flexibility index (Phi) is 4.81. The molecule has 0 aromatic rings. The van der Waals surface area contributed by atoms with E-state index < -0.39 is 5.60 Å². The molecule has 0 heterocycles. The van der Waals surface area contributed by atoms with Crippen LogP contribution in [0.2, 0.25) is 0 Å². The van der Waals surface area contributed by atoms with Crippen LogP contribution in [0.3, 0.4) is 0 Å². The molecule has 6 atom stereocenters. The average molecular weight is 360 g/mol. The van der Waals surface area contributed by atoms with Crippen molar-refractivity contribution in [2.24, 2.45) is 28.6 Å². The molecule has 0 saturated heterocycles. The van der Waals surface area contributed by atoms with E-state index in [1.807, 2.05) is 6.08 Å². The minimum absolute atomic E-state index is 0.0188. The minimum Gasteiger partial charge on any atom is -0.400 e. The zero-order chi connectivity index (χ0) is 19.3. The number of aliphatic hydroxyl groups is 2. The van der Waals surface area contributed by atoms with Crippen molar-refractivity contribution in [3.63, 3.8) is 0 Å². The Hall–Kier alpha value is -1.26. The lowest BCUT2D eigenvalue weighted by atomic mass is 9.47. The van der Waals surface area contributed by atoms with Gasteiger partial charge in [0.05, 0.1) is 0 Å². The molecule has 144 valence electrons.